The largest absolute Gasteiger partial charge is 0.493 e. The summed E-state index contributed by atoms with van der Waals surface area (Å²) >= 11 is 2.29. The number of aliphatic imine (C=N–C) groups is 1. The summed E-state index contributed by atoms with van der Waals surface area (Å²) in [7, 11) is 1.67. The summed E-state index contributed by atoms with van der Waals surface area (Å²) in [4.78, 5) is 4.73. The van der Waals surface area contributed by atoms with Crippen LogP contribution in [0.5, 0.6) is 11.5 Å². The van der Waals surface area contributed by atoms with Gasteiger partial charge >= 0.3 is 0 Å². The van der Waals surface area contributed by atoms with Gasteiger partial charge in [0, 0.05) is 17.8 Å². The lowest BCUT2D eigenvalue weighted by atomic mass is 9.76. The molecule has 0 saturated heterocycles. The highest BCUT2D eigenvalue weighted by Crippen LogP contribution is 2.50. The quantitative estimate of drug-likeness (QED) is 0.176. The first-order chi connectivity index (χ1) is 17.1. The minimum Gasteiger partial charge on any atom is -0.493 e. The first-order valence-corrected chi connectivity index (χ1v) is 13.3. The van der Waals surface area contributed by atoms with Crippen molar-refractivity contribution in [2.24, 2.45) is 10.9 Å². The van der Waals surface area contributed by atoms with Gasteiger partial charge in [0.25, 0.3) is 0 Å². The molecule has 0 spiro atoms. The van der Waals surface area contributed by atoms with Crippen molar-refractivity contribution >= 4 is 40.2 Å². The molecule has 0 saturated carbocycles. The lowest BCUT2D eigenvalue weighted by Crippen LogP contribution is -2.29. The summed E-state index contributed by atoms with van der Waals surface area (Å²) in [6.07, 6.45) is 8.68. The van der Waals surface area contributed by atoms with E-state index >= 15 is 0 Å². The van der Waals surface area contributed by atoms with Gasteiger partial charge in [-0.25, -0.2) is 0 Å². The van der Waals surface area contributed by atoms with E-state index in [0.29, 0.717) is 24.5 Å². The van der Waals surface area contributed by atoms with Gasteiger partial charge in [-0.3, -0.25) is 4.99 Å². The molecule has 4 nitrogen and oxygen atoms in total. The monoisotopic (exact) mass is 578 g/mol. The lowest BCUT2D eigenvalue weighted by Gasteiger charge is -2.37. The van der Waals surface area contributed by atoms with Crippen LogP contribution in [-0.4, -0.2) is 19.9 Å². The molecule has 0 unspecified atom stereocenters. The summed E-state index contributed by atoms with van der Waals surface area (Å²) < 4.78 is 12.4. The molecule has 0 bridgehead atoms. The van der Waals surface area contributed by atoms with Crippen LogP contribution in [0.3, 0.4) is 0 Å². The molecule has 1 N–H and O–H groups in total. The maximum absolute atomic E-state index is 5.87. The molecule has 0 radical (unpaired) electrons. The zero-order chi connectivity index (χ0) is 24.4. The number of ether oxygens (including phenoxy) is 2. The Kier molecular flexibility index (Phi) is 7.14. The first-order valence-electron chi connectivity index (χ1n) is 12.3. The second-order valence-corrected chi connectivity index (χ2v) is 10.5. The van der Waals surface area contributed by atoms with Crippen LogP contribution in [0.15, 0.2) is 71.7 Å². The van der Waals surface area contributed by atoms with Gasteiger partial charge in [-0.1, -0.05) is 48.9 Å². The summed E-state index contributed by atoms with van der Waals surface area (Å²) in [6.45, 7) is 4.94. The second kappa shape index (κ2) is 10.4. The van der Waals surface area contributed by atoms with Crippen molar-refractivity contribution in [2.75, 3.05) is 19.0 Å². The average Bonchev–Trinajstić information content (AvgIpc) is 3.37. The average molecular weight is 578 g/mol. The number of fused-ring (bicyclic) bond motifs is 3. The number of nitrogens with zero attached hydrogens (tertiary/aromatic N) is 1. The zero-order valence-electron chi connectivity index (χ0n) is 20.4. The fraction of sp³-hybridized carbons (Fsp3) is 0.300. The molecular weight excluding hydrogens is 547 g/mol. The highest BCUT2D eigenvalue weighted by atomic mass is 127. The van der Waals surface area contributed by atoms with E-state index < -0.39 is 0 Å². The Labute approximate surface area is 221 Å². The third kappa shape index (κ3) is 4.96. The van der Waals surface area contributed by atoms with Crippen molar-refractivity contribution in [3.8, 4) is 11.5 Å². The van der Waals surface area contributed by atoms with E-state index in [9.17, 15) is 0 Å². The smallest absolute Gasteiger partial charge is 0.174 e. The maximum atomic E-state index is 5.87. The molecule has 3 aromatic carbocycles. The van der Waals surface area contributed by atoms with Crippen LogP contribution < -0.4 is 14.8 Å². The van der Waals surface area contributed by atoms with E-state index in [2.05, 4.69) is 102 Å². The number of allylic oxidation sites excluding steroid dienone is 2. The predicted octanol–water partition coefficient (Wildman–Crippen LogP) is 7.97. The van der Waals surface area contributed by atoms with Crippen LogP contribution in [0, 0.1) is 16.4 Å². The van der Waals surface area contributed by atoms with Crippen molar-refractivity contribution in [2.45, 2.75) is 38.6 Å². The molecule has 0 fully saturated rings. The van der Waals surface area contributed by atoms with Crippen molar-refractivity contribution in [3.63, 3.8) is 0 Å². The third-order valence-corrected chi connectivity index (χ3v) is 7.64. The predicted molar refractivity (Wildman–Crippen MR) is 153 cm³/mol. The Morgan fingerprint density at radius 3 is 2.71 bits per heavy atom. The first kappa shape index (κ1) is 23.9. The fourth-order valence-corrected chi connectivity index (χ4v) is 5.90. The van der Waals surface area contributed by atoms with Gasteiger partial charge < -0.3 is 14.8 Å². The molecular formula is C30H31IN2O2. The van der Waals surface area contributed by atoms with Crippen molar-refractivity contribution in [3.05, 3.63) is 92.6 Å². The normalized spacial score (nSPS) is 20.4. The number of rotatable bonds is 7. The van der Waals surface area contributed by atoms with E-state index in [0.717, 1.165) is 39.2 Å². The molecule has 5 heteroatoms. The minimum absolute atomic E-state index is 0.296. The van der Waals surface area contributed by atoms with Crippen LogP contribution in [-0.2, 0) is 0 Å². The standard InChI is InChI=1S/C30H31IN2O2/c1-4-14-35-30-26(31)16-20(17-28(30)34-3)18-32-22-11-9-21(10-12-22)29-24-7-5-6-23(24)25-15-19(2)8-13-27(25)33-29/h5-6,8-13,15-18,23-24,29,33H,4,7,14H2,1-3H3/t23-,24+,29-/m0/s1. The Hall–Kier alpha value is -2.80. The molecule has 1 aliphatic heterocycles. The SMILES string of the molecule is CCCOc1c(I)cc(C=Nc2ccc([C@@H]3Nc4ccc(C)cc4[C@H]4C=CC[C@H]43)cc2)cc1OC. The molecule has 35 heavy (non-hydrogen) atoms. The van der Waals surface area contributed by atoms with Gasteiger partial charge in [0.05, 0.1) is 29.0 Å². The number of anilines is 1. The summed E-state index contributed by atoms with van der Waals surface area (Å²) in [5, 5.41) is 3.82. The highest BCUT2D eigenvalue weighted by Gasteiger charge is 2.37. The van der Waals surface area contributed by atoms with E-state index in [1.54, 1.807) is 7.11 Å². The van der Waals surface area contributed by atoms with E-state index in [1.807, 2.05) is 12.3 Å². The zero-order valence-corrected chi connectivity index (χ0v) is 22.6. The van der Waals surface area contributed by atoms with Gasteiger partial charge in [-0.15, -0.1) is 0 Å². The molecule has 3 aromatic rings. The Balaban J connectivity index is 1.34. The Morgan fingerprint density at radius 1 is 1.11 bits per heavy atom. The van der Waals surface area contributed by atoms with Gasteiger partial charge in [-0.05, 0) is 95.3 Å². The fourth-order valence-electron chi connectivity index (χ4n) is 5.12. The topological polar surface area (TPSA) is 42.8 Å². The molecule has 5 rings (SSSR count). The molecule has 0 amide bonds. The second-order valence-electron chi connectivity index (χ2n) is 9.30. The van der Waals surface area contributed by atoms with Crippen LogP contribution in [0.25, 0.3) is 0 Å². The van der Waals surface area contributed by atoms with Gasteiger partial charge in [0.1, 0.15) is 0 Å². The van der Waals surface area contributed by atoms with Crippen molar-refractivity contribution in [1.29, 1.82) is 0 Å². The molecule has 180 valence electrons. The Morgan fingerprint density at radius 2 is 1.94 bits per heavy atom. The van der Waals surface area contributed by atoms with Crippen LogP contribution in [0.2, 0.25) is 0 Å². The number of methoxy groups -OCH3 is 1. The number of hydrogen-bond acceptors (Lipinski definition) is 4. The van der Waals surface area contributed by atoms with Gasteiger partial charge in [0.2, 0.25) is 0 Å². The lowest BCUT2D eigenvalue weighted by molar-refractivity contribution is 0.292. The molecule has 1 heterocycles. The number of nitrogens with one attached hydrogen (secondary N) is 1. The van der Waals surface area contributed by atoms with Crippen LogP contribution in [0.1, 0.15) is 54.0 Å². The number of aryl methyl sites for hydroxylation is 1. The maximum Gasteiger partial charge on any atom is 0.174 e. The van der Waals surface area contributed by atoms with Crippen molar-refractivity contribution in [1.82, 2.24) is 0 Å². The van der Waals surface area contributed by atoms with E-state index in [-0.39, 0.29) is 0 Å². The molecule has 0 aromatic heterocycles. The van der Waals surface area contributed by atoms with E-state index in [4.69, 9.17) is 14.5 Å². The third-order valence-electron chi connectivity index (χ3n) is 6.84. The van der Waals surface area contributed by atoms with Gasteiger partial charge in [-0.2, -0.15) is 0 Å². The molecule has 3 atom stereocenters. The Bertz CT molecular complexity index is 1270. The van der Waals surface area contributed by atoms with Crippen molar-refractivity contribution < 1.29 is 9.47 Å². The summed E-state index contributed by atoms with van der Waals surface area (Å²) in [5.41, 5.74) is 7.23. The van der Waals surface area contributed by atoms with Crippen LogP contribution in [0.4, 0.5) is 11.4 Å². The van der Waals surface area contributed by atoms with Crippen LogP contribution >= 0.6 is 22.6 Å². The summed E-state index contributed by atoms with van der Waals surface area (Å²) in [6, 6.07) is 19.7. The summed E-state index contributed by atoms with van der Waals surface area (Å²) in [5.74, 6) is 2.56. The van der Waals surface area contributed by atoms with Gasteiger partial charge in [0.15, 0.2) is 11.5 Å². The number of halogens is 1. The van der Waals surface area contributed by atoms with E-state index in [1.165, 1.54) is 22.4 Å². The number of hydrogen-bond donors (Lipinski definition) is 1. The minimum atomic E-state index is 0.296. The molecule has 2 aliphatic rings. The molecule has 1 aliphatic carbocycles. The number of benzene rings is 3. The highest BCUT2D eigenvalue weighted by molar-refractivity contribution is 14.1.